The average molecular weight is 482 g/mol. The number of hydrogen-bond donors (Lipinski definition) is 1. The number of aromatic nitrogens is 2. The van der Waals surface area contributed by atoms with Crippen LogP contribution in [0.15, 0.2) is 69.9 Å². The Hall–Kier alpha value is -3.17. The van der Waals surface area contributed by atoms with Crippen LogP contribution in [0.4, 0.5) is 0 Å². The van der Waals surface area contributed by atoms with Crippen LogP contribution in [-0.2, 0) is 11.3 Å². The molecular weight excluding hydrogens is 462 g/mol. The van der Waals surface area contributed by atoms with Gasteiger partial charge in [-0.05, 0) is 36.8 Å². The van der Waals surface area contributed by atoms with E-state index in [2.05, 4.69) is 31.5 Å². The van der Waals surface area contributed by atoms with Gasteiger partial charge in [0, 0.05) is 28.0 Å². The first-order valence-corrected chi connectivity index (χ1v) is 10.7. The standard InChI is InChI=1S/C22H20BrN5O3/c1-30-19-5-3-2-4-16(19)17-12-18-22(29)27(10-11-28(18)25-17)13-20-24-21(26-31-20)14-6-8-15(23)9-7-14/h2-11,17-18,25H,12-13H2,1H3. The summed E-state index contributed by atoms with van der Waals surface area (Å²) in [7, 11) is 1.65. The number of amides is 1. The maximum Gasteiger partial charge on any atom is 0.251 e. The molecule has 8 nitrogen and oxygen atoms in total. The summed E-state index contributed by atoms with van der Waals surface area (Å²) in [6, 6.07) is 15.2. The molecule has 0 radical (unpaired) electrons. The van der Waals surface area contributed by atoms with E-state index in [0.29, 0.717) is 18.1 Å². The van der Waals surface area contributed by atoms with Gasteiger partial charge in [0.2, 0.25) is 11.7 Å². The zero-order chi connectivity index (χ0) is 21.4. The third-order valence-electron chi connectivity index (χ3n) is 5.47. The number of halogens is 1. The highest BCUT2D eigenvalue weighted by Crippen LogP contribution is 2.35. The molecule has 0 aliphatic carbocycles. The van der Waals surface area contributed by atoms with Gasteiger partial charge < -0.3 is 19.2 Å². The van der Waals surface area contributed by atoms with Crippen molar-refractivity contribution >= 4 is 21.8 Å². The first-order chi connectivity index (χ1) is 15.1. The molecule has 31 heavy (non-hydrogen) atoms. The number of para-hydroxylation sites is 1. The van der Waals surface area contributed by atoms with Crippen molar-refractivity contribution in [3.8, 4) is 17.1 Å². The number of ether oxygens (including phenoxy) is 1. The van der Waals surface area contributed by atoms with Crippen molar-refractivity contribution in [3.05, 3.63) is 76.9 Å². The van der Waals surface area contributed by atoms with E-state index in [4.69, 9.17) is 9.26 Å². The average Bonchev–Trinajstić information content (AvgIpc) is 3.44. The fraction of sp³-hybridized carbons (Fsp3) is 0.227. The monoisotopic (exact) mass is 481 g/mol. The summed E-state index contributed by atoms with van der Waals surface area (Å²) in [5.74, 6) is 1.67. The number of carbonyl (C=O) groups excluding carboxylic acids is 1. The molecular formula is C22H20BrN5O3. The van der Waals surface area contributed by atoms with Crippen LogP contribution in [0.1, 0.15) is 23.9 Å². The highest BCUT2D eigenvalue weighted by molar-refractivity contribution is 9.10. The predicted octanol–water partition coefficient (Wildman–Crippen LogP) is 3.64. The lowest BCUT2D eigenvalue weighted by atomic mass is 10.00. The van der Waals surface area contributed by atoms with E-state index in [1.54, 1.807) is 18.2 Å². The number of fused-ring (bicyclic) bond motifs is 1. The van der Waals surface area contributed by atoms with Crippen molar-refractivity contribution in [2.24, 2.45) is 0 Å². The third kappa shape index (κ3) is 3.82. The molecule has 3 heterocycles. The largest absolute Gasteiger partial charge is 0.496 e. The van der Waals surface area contributed by atoms with Crippen molar-refractivity contribution in [2.75, 3.05) is 7.11 Å². The lowest BCUT2D eigenvalue weighted by Crippen LogP contribution is -2.47. The van der Waals surface area contributed by atoms with Gasteiger partial charge in [0.15, 0.2) is 0 Å². The van der Waals surface area contributed by atoms with Gasteiger partial charge in [-0.25, -0.2) is 5.43 Å². The number of methoxy groups -OCH3 is 1. The van der Waals surface area contributed by atoms with Crippen LogP contribution in [0.2, 0.25) is 0 Å². The minimum absolute atomic E-state index is 0.0119. The van der Waals surface area contributed by atoms with Crippen molar-refractivity contribution in [3.63, 3.8) is 0 Å². The Morgan fingerprint density at radius 2 is 2.00 bits per heavy atom. The van der Waals surface area contributed by atoms with Gasteiger partial charge in [-0.15, -0.1) is 0 Å². The van der Waals surface area contributed by atoms with E-state index in [1.165, 1.54) is 0 Å². The highest BCUT2D eigenvalue weighted by atomic mass is 79.9. The summed E-state index contributed by atoms with van der Waals surface area (Å²) in [6.07, 6.45) is 4.24. The third-order valence-corrected chi connectivity index (χ3v) is 5.99. The van der Waals surface area contributed by atoms with E-state index < -0.39 is 0 Å². The van der Waals surface area contributed by atoms with Crippen LogP contribution < -0.4 is 10.2 Å². The SMILES string of the molecule is COc1ccccc1C1CC2C(=O)N(Cc3nc(-c4ccc(Br)cc4)no3)C=CN2N1. The Morgan fingerprint density at radius 3 is 2.81 bits per heavy atom. The molecule has 2 unspecified atom stereocenters. The number of hydrogen-bond acceptors (Lipinski definition) is 7. The molecule has 1 fully saturated rings. The highest BCUT2D eigenvalue weighted by Gasteiger charge is 2.41. The summed E-state index contributed by atoms with van der Waals surface area (Å²) < 4.78 is 11.8. The Bertz CT molecular complexity index is 1130. The summed E-state index contributed by atoms with van der Waals surface area (Å²) >= 11 is 3.41. The smallest absolute Gasteiger partial charge is 0.251 e. The normalized spacial score (nSPS) is 20.3. The molecule has 1 aromatic heterocycles. The molecule has 2 aliphatic heterocycles. The molecule has 0 spiro atoms. The molecule has 5 rings (SSSR count). The minimum atomic E-state index is -0.311. The molecule has 2 aliphatic rings. The molecule has 0 bridgehead atoms. The van der Waals surface area contributed by atoms with Crippen molar-refractivity contribution in [2.45, 2.75) is 25.0 Å². The van der Waals surface area contributed by atoms with Crippen LogP contribution in [0.3, 0.4) is 0 Å². The summed E-state index contributed by atoms with van der Waals surface area (Å²) in [6.45, 7) is 0.225. The van der Waals surface area contributed by atoms with Gasteiger partial charge in [-0.1, -0.05) is 39.3 Å². The number of benzene rings is 2. The Labute approximate surface area is 187 Å². The summed E-state index contributed by atoms with van der Waals surface area (Å²) in [5.41, 5.74) is 5.27. The molecule has 1 saturated heterocycles. The van der Waals surface area contributed by atoms with Crippen LogP contribution in [0.25, 0.3) is 11.4 Å². The molecule has 2 aromatic carbocycles. The van der Waals surface area contributed by atoms with E-state index in [9.17, 15) is 4.79 Å². The van der Waals surface area contributed by atoms with Crippen molar-refractivity contribution in [1.82, 2.24) is 25.5 Å². The van der Waals surface area contributed by atoms with E-state index in [-0.39, 0.29) is 24.5 Å². The summed E-state index contributed by atoms with van der Waals surface area (Å²) in [5, 5.41) is 5.90. The van der Waals surface area contributed by atoms with Crippen LogP contribution >= 0.6 is 15.9 Å². The van der Waals surface area contributed by atoms with Crippen LogP contribution in [0, 0.1) is 0 Å². The van der Waals surface area contributed by atoms with Gasteiger partial charge in [0.1, 0.15) is 18.3 Å². The molecule has 0 saturated carbocycles. The molecule has 1 N–H and O–H groups in total. The number of rotatable bonds is 5. The maximum atomic E-state index is 13.1. The molecule has 3 aromatic rings. The quantitative estimate of drug-likeness (QED) is 0.595. The number of nitrogens with zero attached hydrogens (tertiary/aromatic N) is 4. The van der Waals surface area contributed by atoms with Gasteiger partial charge in [0.25, 0.3) is 5.91 Å². The molecule has 158 valence electrons. The predicted molar refractivity (Wildman–Crippen MR) is 116 cm³/mol. The zero-order valence-corrected chi connectivity index (χ0v) is 18.3. The Morgan fingerprint density at radius 1 is 1.19 bits per heavy atom. The van der Waals surface area contributed by atoms with Gasteiger partial charge in [0.05, 0.1) is 13.2 Å². The maximum absolute atomic E-state index is 13.1. The van der Waals surface area contributed by atoms with E-state index in [1.807, 2.05) is 59.7 Å². The second kappa shape index (κ2) is 8.16. The number of hydrazine groups is 1. The molecule has 2 atom stereocenters. The molecule has 9 heteroatoms. The fourth-order valence-corrected chi connectivity index (χ4v) is 4.17. The van der Waals surface area contributed by atoms with Crippen LogP contribution in [-0.4, -0.2) is 39.1 Å². The van der Waals surface area contributed by atoms with E-state index in [0.717, 1.165) is 21.3 Å². The van der Waals surface area contributed by atoms with Gasteiger partial charge >= 0.3 is 0 Å². The lowest BCUT2D eigenvalue weighted by Gasteiger charge is -2.30. The van der Waals surface area contributed by atoms with Crippen molar-refractivity contribution < 1.29 is 14.1 Å². The Balaban J connectivity index is 1.29. The van der Waals surface area contributed by atoms with E-state index >= 15 is 0 Å². The van der Waals surface area contributed by atoms with Crippen LogP contribution in [0.5, 0.6) is 5.75 Å². The molecule has 1 amide bonds. The number of nitrogens with one attached hydrogen (secondary N) is 1. The number of carbonyl (C=O) groups is 1. The van der Waals surface area contributed by atoms with Gasteiger partial charge in [-0.2, -0.15) is 4.98 Å². The lowest BCUT2D eigenvalue weighted by molar-refractivity contribution is -0.135. The second-order valence-corrected chi connectivity index (χ2v) is 8.28. The topological polar surface area (TPSA) is 83.7 Å². The first-order valence-electron chi connectivity index (χ1n) is 9.87. The first kappa shape index (κ1) is 19.8. The zero-order valence-electron chi connectivity index (χ0n) is 16.7. The summed E-state index contributed by atoms with van der Waals surface area (Å²) in [4.78, 5) is 19.2. The van der Waals surface area contributed by atoms with Gasteiger partial charge in [-0.3, -0.25) is 4.79 Å². The Kier molecular flexibility index (Phi) is 5.21. The fourth-order valence-electron chi connectivity index (χ4n) is 3.91. The minimum Gasteiger partial charge on any atom is -0.496 e. The second-order valence-electron chi connectivity index (χ2n) is 7.37. The van der Waals surface area contributed by atoms with Crippen molar-refractivity contribution in [1.29, 1.82) is 0 Å².